The van der Waals surface area contributed by atoms with Crippen molar-refractivity contribution in [3.63, 3.8) is 0 Å². The maximum atomic E-state index is 12.6. The molecule has 0 saturated carbocycles. The smallest absolute Gasteiger partial charge is 0.353 e. The van der Waals surface area contributed by atoms with E-state index in [0.29, 0.717) is 37.0 Å². The summed E-state index contributed by atoms with van der Waals surface area (Å²) in [7, 11) is 0. The van der Waals surface area contributed by atoms with Crippen molar-refractivity contribution < 1.29 is 18.0 Å². The molecular weight excluding hydrogens is 379 g/mol. The summed E-state index contributed by atoms with van der Waals surface area (Å²) in [5.41, 5.74) is 0.0645. The fourth-order valence-corrected chi connectivity index (χ4v) is 2.98. The lowest BCUT2D eigenvalue weighted by atomic mass is 10.2. The Kier molecular flexibility index (Phi) is 5.70. The van der Waals surface area contributed by atoms with E-state index in [1.54, 1.807) is 23.1 Å². The van der Waals surface area contributed by atoms with Crippen LogP contribution in [0.4, 0.5) is 19.0 Å². The molecule has 1 aliphatic heterocycles. The van der Waals surface area contributed by atoms with E-state index in [0.717, 1.165) is 17.8 Å². The summed E-state index contributed by atoms with van der Waals surface area (Å²) >= 11 is 5.91. The van der Waals surface area contributed by atoms with Gasteiger partial charge in [0, 0.05) is 43.5 Å². The quantitative estimate of drug-likeness (QED) is 0.734. The lowest BCUT2D eigenvalue weighted by Crippen LogP contribution is -2.48. The molecule has 1 aromatic heterocycles. The number of aromatic nitrogens is 1. The van der Waals surface area contributed by atoms with Crippen molar-refractivity contribution in [2.75, 3.05) is 31.1 Å². The van der Waals surface area contributed by atoms with E-state index in [1.165, 1.54) is 12.1 Å². The van der Waals surface area contributed by atoms with Crippen molar-refractivity contribution in [2.24, 2.45) is 0 Å². The van der Waals surface area contributed by atoms with Gasteiger partial charge in [-0.1, -0.05) is 23.7 Å². The molecule has 0 bridgehead atoms. The summed E-state index contributed by atoms with van der Waals surface area (Å²) in [6.45, 7) is 1.97. The third-order valence-corrected chi connectivity index (χ3v) is 4.49. The minimum absolute atomic E-state index is 0.116. The molecule has 3 rings (SSSR count). The van der Waals surface area contributed by atoms with Crippen molar-refractivity contribution in [3.05, 3.63) is 64.8 Å². The number of halogens is 4. The number of alkyl halides is 3. The van der Waals surface area contributed by atoms with E-state index in [9.17, 15) is 18.0 Å². The Morgan fingerprint density at radius 3 is 2.44 bits per heavy atom. The molecule has 0 spiro atoms. The van der Waals surface area contributed by atoms with Gasteiger partial charge >= 0.3 is 6.18 Å². The van der Waals surface area contributed by atoms with E-state index in [4.69, 9.17) is 11.6 Å². The molecule has 2 aromatic rings. The molecule has 1 aliphatic rings. The summed E-state index contributed by atoms with van der Waals surface area (Å²) in [6, 6.07) is 9.56. The molecule has 27 heavy (non-hydrogen) atoms. The highest BCUT2D eigenvalue weighted by Crippen LogP contribution is 2.29. The minimum atomic E-state index is -4.40. The topological polar surface area (TPSA) is 36.4 Å². The van der Waals surface area contributed by atoms with Crippen LogP contribution >= 0.6 is 11.6 Å². The predicted molar refractivity (Wildman–Crippen MR) is 98.5 cm³/mol. The highest BCUT2D eigenvalue weighted by Gasteiger charge is 2.31. The molecule has 4 nitrogen and oxygen atoms in total. The van der Waals surface area contributed by atoms with Crippen LogP contribution < -0.4 is 4.90 Å². The third kappa shape index (κ3) is 5.01. The zero-order valence-corrected chi connectivity index (χ0v) is 15.0. The Labute approximate surface area is 159 Å². The van der Waals surface area contributed by atoms with Gasteiger partial charge < -0.3 is 9.80 Å². The van der Waals surface area contributed by atoms with Crippen LogP contribution in [0.2, 0.25) is 5.02 Å². The molecule has 0 unspecified atom stereocenters. The van der Waals surface area contributed by atoms with Gasteiger partial charge in [0.1, 0.15) is 5.82 Å². The lowest BCUT2D eigenvalue weighted by Gasteiger charge is -2.35. The number of piperazine rings is 1. The van der Waals surface area contributed by atoms with Gasteiger partial charge in [0.15, 0.2) is 0 Å². The maximum absolute atomic E-state index is 12.6. The monoisotopic (exact) mass is 395 g/mol. The third-order valence-electron chi connectivity index (χ3n) is 4.26. The Hall–Kier alpha value is -2.54. The fraction of sp³-hybridized carbons (Fsp3) is 0.263. The number of carbonyl (C=O) groups is 1. The first-order valence-electron chi connectivity index (χ1n) is 8.34. The first-order chi connectivity index (χ1) is 12.8. The molecular formula is C19H17ClF3N3O. The Morgan fingerprint density at radius 2 is 1.85 bits per heavy atom. The van der Waals surface area contributed by atoms with Gasteiger partial charge in [-0.05, 0) is 35.9 Å². The van der Waals surface area contributed by atoms with Crippen LogP contribution in [0.1, 0.15) is 11.1 Å². The SMILES string of the molecule is O=C(/C=C/c1cccc(Cl)c1)N1CCN(c2ccc(C(F)(F)F)cn2)CC1. The maximum Gasteiger partial charge on any atom is 0.417 e. The number of nitrogens with zero attached hydrogens (tertiary/aromatic N) is 3. The van der Waals surface area contributed by atoms with Crippen LogP contribution in [0.15, 0.2) is 48.7 Å². The fourth-order valence-electron chi connectivity index (χ4n) is 2.78. The van der Waals surface area contributed by atoms with Crippen LogP contribution in [0.5, 0.6) is 0 Å². The van der Waals surface area contributed by atoms with Crippen LogP contribution in [0, 0.1) is 0 Å². The van der Waals surface area contributed by atoms with E-state index >= 15 is 0 Å². The number of benzene rings is 1. The molecule has 1 saturated heterocycles. The summed E-state index contributed by atoms with van der Waals surface area (Å²) < 4.78 is 37.8. The first-order valence-corrected chi connectivity index (χ1v) is 8.71. The van der Waals surface area contributed by atoms with Crippen LogP contribution in [-0.2, 0) is 11.0 Å². The summed E-state index contributed by atoms with van der Waals surface area (Å²) in [6.07, 6.45) is -0.359. The first kappa shape index (κ1) is 19.2. The summed E-state index contributed by atoms with van der Waals surface area (Å²) in [5.74, 6) is 0.361. The second-order valence-electron chi connectivity index (χ2n) is 6.10. The van der Waals surface area contributed by atoms with Crippen molar-refractivity contribution in [1.29, 1.82) is 0 Å². The largest absolute Gasteiger partial charge is 0.417 e. The lowest BCUT2D eigenvalue weighted by molar-refractivity contribution is -0.137. The molecule has 1 aromatic carbocycles. The molecule has 142 valence electrons. The van der Waals surface area contributed by atoms with E-state index in [2.05, 4.69) is 4.98 Å². The number of rotatable bonds is 3. The van der Waals surface area contributed by atoms with E-state index < -0.39 is 11.7 Å². The predicted octanol–water partition coefficient (Wildman–Crippen LogP) is 4.12. The number of anilines is 1. The standard InChI is InChI=1S/C19H17ClF3N3O/c20-16-3-1-2-14(12-16)4-7-18(27)26-10-8-25(9-11-26)17-6-5-15(13-24-17)19(21,22)23/h1-7,12-13H,8-11H2/b7-4+. The number of hydrogen-bond acceptors (Lipinski definition) is 3. The molecule has 2 heterocycles. The number of carbonyl (C=O) groups excluding carboxylic acids is 1. The van der Waals surface area contributed by atoms with Gasteiger partial charge in [-0.3, -0.25) is 4.79 Å². The molecule has 8 heteroatoms. The highest BCUT2D eigenvalue weighted by atomic mass is 35.5. The van der Waals surface area contributed by atoms with Gasteiger partial charge in [0.05, 0.1) is 5.56 Å². The summed E-state index contributed by atoms with van der Waals surface area (Å²) in [4.78, 5) is 19.8. The average Bonchev–Trinajstić information content (AvgIpc) is 2.66. The van der Waals surface area contributed by atoms with E-state index in [-0.39, 0.29) is 5.91 Å². The van der Waals surface area contributed by atoms with Crippen LogP contribution in [0.3, 0.4) is 0 Å². The molecule has 1 amide bonds. The summed E-state index contributed by atoms with van der Waals surface area (Å²) in [5, 5.41) is 0.599. The second-order valence-corrected chi connectivity index (χ2v) is 6.54. The molecule has 0 N–H and O–H groups in total. The number of pyridine rings is 1. The van der Waals surface area contributed by atoms with Crippen molar-refractivity contribution >= 4 is 29.4 Å². The molecule has 0 radical (unpaired) electrons. The van der Waals surface area contributed by atoms with Gasteiger partial charge in [0.25, 0.3) is 0 Å². The van der Waals surface area contributed by atoms with Crippen molar-refractivity contribution in [1.82, 2.24) is 9.88 Å². The second kappa shape index (κ2) is 8.00. The molecule has 0 aliphatic carbocycles. The Morgan fingerprint density at radius 1 is 1.11 bits per heavy atom. The van der Waals surface area contributed by atoms with Crippen molar-refractivity contribution in [2.45, 2.75) is 6.18 Å². The zero-order chi connectivity index (χ0) is 19.4. The Bertz CT molecular complexity index is 829. The van der Waals surface area contributed by atoms with E-state index in [1.807, 2.05) is 17.0 Å². The molecule has 1 fully saturated rings. The normalized spacial score (nSPS) is 15.4. The van der Waals surface area contributed by atoms with Crippen LogP contribution in [0.25, 0.3) is 6.08 Å². The zero-order valence-electron chi connectivity index (χ0n) is 14.3. The minimum Gasteiger partial charge on any atom is -0.353 e. The van der Waals surface area contributed by atoms with Gasteiger partial charge in [-0.25, -0.2) is 4.98 Å². The molecule has 0 atom stereocenters. The number of hydrogen-bond donors (Lipinski definition) is 0. The number of amides is 1. The van der Waals surface area contributed by atoms with Gasteiger partial charge in [-0.15, -0.1) is 0 Å². The Balaban J connectivity index is 1.56. The van der Waals surface area contributed by atoms with Crippen molar-refractivity contribution in [3.8, 4) is 0 Å². The van der Waals surface area contributed by atoms with Gasteiger partial charge in [0.2, 0.25) is 5.91 Å². The van der Waals surface area contributed by atoms with Gasteiger partial charge in [-0.2, -0.15) is 13.2 Å². The highest BCUT2D eigenvalue weighted by molar-refractivity contribution is 6.30. The van der Waals surface area contributed by atoms with Crippen LogP contribution in [-0.4, -0.2) is 42.0 Å². The average molecular weight is 396 g/mol.